The first kappa shape index (κ1) is 97.1. The Bertz CT molecular complexity index is 3490. The normalized spacial score (nSPS) is 44.7. The molecule has 0 bridgehead atoms. The van der Waals surface area contributed by atoms with Crippen LogP contribution in [0, 0.1) is 197 Å². The SMILES string of the molecule is C/C=C(/CC[C@@H](C)[C@H]1CC[C@H]2[C@@H]3CC=C4C[C@@H](OC)CC[C@]4(C)[C@H]3CC[C@]12C)C(C)C.CC[C@@H](CC[C@@H](C)[C@H]1CC[C@H]2[C@@H]3CC=C4C[C@@H](OC)CC[C@]4(C)[C@H]3CC[C@]12C)C(C)C.CO[C@H]1CC[C@@]2(C)C(=CCC3[C@@H]4CC[C@H]([C@H](C)CCCC(C)C)[C@@]4(C)CC[C@@H]32)C1.CO[C@H]1CC[C@@]2(C)C(=CC[C@H]3[C@@H]4CC[C@H]([C@H](C)CC[C@@H](C)C(C)C)[C@@]4(C)CC[C@@H]32)C1. The zero-order chi connectivity index (χ0) is 87.3. The Labute approximate surface area is 751 Å². The van der Waals surface area contributed by atoms with Crippen LogP contribution in [0.3, 0.4) is 0 Å². The largest absolute Gasteiger partial charge is 0.381 e. The fourth-order valence-corrected chi connectivity index (χ4v) is 36.4. The number of allylic oxidation sites excluding steroid dienone is 6. The Kier molecular flexibility index (Phi) is 32.0. The highest BCUT2D eigenvalue weighted by molar-refractivity contribution is 5.30. The lowest BCUT2D eigenvalue weighted by atomic mass is 9.47. The second-order valence-electron chi connectivity index (χ2n) is 50.9. The van der Waals surface area contributed by atoms with E-state index in [1.54, 1.807) is 27.9 Å². The average Bonchev–Trinajstić information content (AvgIpc) is 1.43. The van der Waals surface area contributed by atoms with Crippen LogP contribution in [0.4, 0.5) is 0 Å². The molecule has 0 radical (unpaired) electrons. The van der Waals surface area contributed by atoms with Crippen molar-refractivity contribution in [3.05, 3.63) is 58.2 Å². The number of hydrogen-bond acceptors (Lipinski definition) is 4. The van der Waals surface area contributed by atoms with Crippen molar-refractivity contribution in [2.45, 2.75) is 453 Å². The van der Waals surface area contributed by atoms with Gasteiger partial charge in [-0.2, -0.15) is 0 Å². The molecule has 1 unspecified atom stereocenters. The predicted molar refractivity (Wildman–Crippen MR) is 518 cm³/mol. The Morgan fingerprint density at radius 1 is 0.339 bits per heavy atom. The topological polar surface area (TPSA) is 36.9 Å². The van der Waals surface area contributed by atoms with E-state index < -0.39 is 0 Å². The van der Waals surface area contributed by atoms with Gasteiger partial charge in [0, 0.05) is 28.4 Å². The maximum Gasteiger partial charge on any atom is 0.0608 e. The van der Waals surface area contributed by atoms with Crippen LogP contribution in [0.1, 0.15) is 429 Å². The van der Waals surface area contributed by atoms with Crippen molar-refractivity contribution < 1.29 is 18.9 Å². The summed E-state index contributed by atoms with van der Waals surface area (Å²) in [6.45, 7) is 58.0. The molecule has 0 N–H and O–H groups in total. The maximum atomic E-state index is 5.77. The van der Waals surface area contributed by atoms with Gasteiger partial charge in [-0.3, -0.25) is 0 Å². The van der Waals surface area contributed by atoms with Crippen molar-refractivity contribution in [2.75, 3.05) is 28.4 Å². The Morgan fingerprint density at radius 3 is 0.901 bits per heavy atom. The van der Waals surface area contributed by atoms with Crippen molar-refractivity contribution in [3.63, 3.8) is 0 Å². The molecule has 0 aliphatic heterocycles. The Hall–Kier alpha value is -1.46. The quantitative estimate of drug-likeness (QED) is 0.0854. The summed E-state index contributed by atoms with van der Waals surface area (Å²) in [4.78, 5) is 0. The van der Waals surface area contributed by atoms with E-state index >= 15 is 0 Å². The molecule has 4 heteroatoms. The molecule has 0 saturated heterocycles. The third-order valence-electron chi connectivity index (χ3n) is 44.7. The molecule has 4 nitrogen and oxygen atoms in total. The lowest BCUT2D eigenvalue weighted by Crippen LogP contribution is -2.51. The summed E-state index contributed by atoms with van der Waals surface area (Å²) in [5.41, 5.74) is 13.0. The predicted octanol–water partition coefficient (Wildman–Crippen LogP) is 33.6. The van der Waals surface area contributed by atoms with Crippen molar-refractivity contribution in [2.24, 2.45) is 197 Å². The summed E-state index contributed by atoms with van der Waals surface area (Å²) in [7, 11) is 7.64. The summed E-state index contributed by atoms with van der Waals surface area (Å²) in [5.74, 6) is 23.9. The summed E-state index contributed by atoms with van der Waals surface area (Å²) in [5, 5.41) is 0. The van der Waals surface area contributed by atoms with E-state index in [2.05, 4.69) is 190 Å². The van der Waals surface area contributed by atoms with Crippen molar-refractivity contribution in [3.8, 4) is 0 Å². The zero-order valence-corrected chi connectivity index (χ0v) is 85.0. The third kappa shape index (κ3) is 18.9. The molecule has 0 aromatic rings. The zero-order valence-electron chi connectivity index (χ0n) is 85.0. The molecule has 34 atom stereocenters. The number of methoxy groups -OCH3 is 4. The van der Waals surface area contributed by atoms with E-state index in [4.69, 9.17) is 18.9 Å². The van der Waals surface area contributed by atoms with Crippen LogP contribution >= 0.6 is 0 Å². The standard InChI is InChI=1S/C30H52O.C30H50O.C29H50O.C28H48O/c2*1-8-22(20(2)3)10-9-21(4)26-13-14-27-25-12-11-23-19-24(31-7)15-17-29(23,5)28(25)16-18-30(26,27)6;1-19(2)20(3)8-9-21(4)25-12-13-26-24-11-10-22-18-23(30-7)14-16-28(22,5)27(24)15-17-29(25,26)6;1-19(2)8-7-9-20(3)24-12-13-25-23-11-10-21-18-22(29-6)14-16-27(21,4)26(23)15-17-28(24,25)5/h11,20-22,24-28H,8-10,12-19H2,1-7H3;8,11,20-21,24-28H,9-10,12-19H2,1-7H3;10,19-21,23-27H,8-9,11-18H2,1-7H3;10,19-20,22-26H,7-9,11-18H2,1-6H3/b;22-8-;;/t21-,22+,24+,25+,26-,27+,28+,29+,30-;21-,24+,25+,26-,27+,28+,29+,30-;20-,21-,23+,24+,25-,26+,27+,28+,29-;20-,22+,23?,24-,25+,26+,27+,28-/m1111/s1. The minimum Gasteiger partial charge on any atom is -0.381 e. The van der Waals surface area contributed by atoms with Crippen LogP contribution in [0.15, 0.2) is 58.2 Å². The molecule has 121 heavy (non-hydrogen) atoms. The number of fused-ring (bicyclic) bond motifs is 20. The summed E-state index contributed by atoms with van der Waals surface area (Å²) in [6.07, 6.45) is 73.8. The van der Waals surface area contributed by atoms with Gasteiger partial charge in [-0.1, -0.05) is 256 Å². The van der Waals surface area contributed by atoms with E-state index in [1.807, 2.05) is 28.4 Å². The molecular formula is C117H200O4. The van der Waals surface area contributed by atoms with Crippen LogP contribution in [0.5, 0.6) is 0 Å². The molecular weight excluding hydrogens is 1470 g/mol. The van der Waals surface area contributed by atoms with Gasteiger partial charge in [-0.15, -0.1) is 0 Å². The van der Waals surface area contributed by atoms with Gasteiger partial charge in [0.15, 0.2) is 0 Å². The third-order valence-corrected chi connectivity index (χ3v) is 44.7. The van der Waals surface area contributed by atoms with Gasteiger partial charge in [0.25, 0.3) is 0 Å². The lowest BCUT2D eigenvalue weighted by molar-refractivity contribution is -0.0603. The fraction of sp³-hybridized carbons (Fsp3) is 0.915. The highest BCUT2D eigenvalue weighted by atomic mass is 16.5. The highest BCUT2D eigenvalue weighted by Crippen LogP contribution is 2.73. The molecule has 16 rings (SSSR count). The van der Waals surface area contributed by atoms with Gasteiger partial charge in [-0.05, 0) is 429 Å². The van der Waals surface area contributed by atoms with Gasteiger partial charge in [0.05, 0.1) is 24.4 Å². The molecule has 12 saturated carbocycles. The van der Waals surface area contributed by atoms with E-state index in [0.29, 0.717) is 73.7 Å². The van der Waals surface area contributed by atoms with Crippen LogP contribution in [-0.4, -0.2) is 52.9 Å². The molecule has 12 fully saturated rings. The summed E-state index contributed by atoms with van der Waals surface area (Å²) >= 11 is 0. The van der Waals surface area contributed by atoms with E-state index in [-0.39, 0.29) is 0 Å². The first-order chi connectivity index (χ1) is 57.5. The Morgan fingerprint density at radius 2 is 0.636 bits per heavy atom. The fourth-order valence-electron chi connectivity index (χ4n) is 36.4. The number of ether oxygens (including phenoxy) is 4. The van der Waals surface area contributed by atoms with Crippen LogP contribution in [0.25, 0.3) is 0 Å². The van der Waals surface area contributed by atoms with Gasteiger partial charge in [0.2, 0.25) is 0 Å². The molecule has 0 aromatic heterocycles. The smallest absolute Gasteiger partial charge is 0.0608 e. The number of rotatable bonds is 25. The Balaban J connectivity index is 0.000000139. The summed E-state index contributed by atoms with van der Waals surface area (Å²) in [6, 6.07) is 0. The van der Waals surface area contributed by atoms with Crippen LogP contribution in [-0.2, 0) is 18.9 Å². The monoisotopic (exact) mass is 1670 g/mol. The van der Waals surface area contributed by atoms with Crippen molar-refractivity contribution >= 4 is 0 Å². The van der Waals surface area contributed by atoms with Gasteiger partial charge in [0.1, 0.15) is 0 Å². The van der Waals surface area contributed by atoms with Gasteiger partial charge < -0.3 is 18.9 Å². The second kappa shape index (κ2) is 39.9. The van der Waals surface area contributed by atoms with Crippen molar-refractivity contribution in [1.29, 1.82) is 0 Å². The highest BCUT2D eigenvalue weighted by Gasteiger charge is 2.65. The maximum absolute atomic E-state index is 5.77. The average molecular weight is 1670 g/mol. The first-order valence-corrected chi connectivity index (χ1v) is 54.0. The first-order valence-electron chi connectivity index (χ1n) is 54.0. The molecule has 16 aliphatic carbocycles. The van der Waals surface area contributed by atoms with Crippen molar-refractivity contribution in [1.82, 2.24) is 0 Å². The molecule has 0 amide bonds. The minimum absolute atomic E-state index is 0.459. The molecule has 692 valence electrons. The summed E-state index contributed by atoms with van der Waals surface area (Å²) < 4.78 is 23.0. The number of hydrogen-bond donors (Lipinski definition) is 0. The second-order valence-corrected chi connectivity index (χ2v) is 50.9. The molecule has 0 spiro atoms. The van der Waals surface area contributed by atoms with Crippen LogP contribution in [0.2, 0.25) is 0 Å². The molecule has 0 heterocycles. The van der Waals surface area contributed by atoms with E-state index in [1.165, 1.54) is 270 Å². The molecule has 0 aromatic carbocycles. The van der Waals surface area contributed by atoms with E-state index in [0.717, 1.165) is 148 Å². The van der Waals surface area contributed by atoms with E-state index in [9.17, 15) is 0 Å². The lowest BCUT2D eigenvalue weighted by Gasteiger charge is -2.58. The van der Waals surface area contributed by atoms with Gasteiger partial charge in [-0.25, -0.2) is 0 Å². The minimum atomic E-state index is 0.459. The molecule has 16 aliphatic rings. The van der Waals surface area contributed by atoms with Crippen LogP contribution < -0.4 is 0 Å². The van der Waals surface area contributed by atoms with Gasteiger partial charge >= 0.3 is 0 Å².